The van der Waals surface area contributed by atoms with Crippen LogP contribution in [0.1, 0.15) is 34.3 Å². The summed E-state index contributed by atoms with van der Waals surface area (Å²) in [6.07, 6.45) is -0.564. The van der Waals surface area contributed by atoms with Crippen LogP contribution >= 0.6 is 11.8 Å². The van der Waals surface area contributed by atoms with Crippen LogP contribution in [0.4, 0.5) is 0 Å². The van der Waals surface area contributed by atoms with E-state index in [2.05, 4.69) is 10.5 Å². The van der Waals surface area contributed by atoms with Gasteiger partial charge in [-0.2, -0.15) is 0 Å². The maximum absolute atomic E-state index is 12.2. The Morgan fingerprint density at radius 3 is 2.77 bits per heavy atom. The normalized spacial score (nSPS) is 12.2. The van der Waals surface area contributed by atoms with Gasteiger partial charge in [-0.05, 0) is 32.9 Å². The number of amides is 1. The molecule has 1 heterocycles. The molecule has 1 amide bonds. The smallest absolute Gasteiger partial charge is 0.252 e. The number of hydrogen-bond acceptors (Lipinski definition) is 5. The fraction of sp³-hybridized carbons (Fsp3) is 0.375. The molecule has 0 bridgehead atoms. The van der Waals surface area contributed by atoms with Crippen LogP contribution in [0.3, 0.4) is 0 Å². The maximum Gasteiger partial charge on any atom is 0.252 e. The highest BCUT2D eigenvalue weighted by Gasteiger charge is 2.14. The highest BCUT2D eigenvalue weighted by Crippen LogP contribution is 2.28. The van der Waals surface area contributed by atoms with Crippen LogP contribution in [0.15, 0.2) is 33.7 Å². The second-order valence-corrected chi connectivity index (χ2v) is 6.16. The molecule has 0 saturated carbocycles. The van der Waals surface area contributed by atoms with E-state index in [0.717, 1.165) is 21.9 Å². The minimum absolute atomic E-state index is 0.178. The summed E-state index contributed by atoms with van der Waals surface area (Å²) < 4.78 is 5.16. The number of aromatic nitrogens is 1. The van der Waals surface area contributed by atoms with Gasteiger partial charge in [0.15, 0.2) is 0 Å². The van der Waals surface area contributed by atoms with Crippen molar-refractivity contribution in [1.82, 2.24) is 10.5 Å². The van der Waals surface area contributed by atoms with E-state index in [1.165, 1.54) is 0 Å². The van der Waals surface area contributed by atoms with Gasteiger partial charge >= 0.3 is 0 Å². The van der Waals surface area contributed by atoms with E-state index in [9.17, 15) is 9.90 Å². The summed E-state index contributed by atoms with van der Waals surface area (Å²) in [4.78, 5) is 13.1. The molecule has 0 fully saturated rings. The average Bonchev–Trinajstić information content (AvgIpc) is 2.82. The molecule has 1 atom stereocenters. The number of nitrogens with zero attached hydrogens (tertiary/aromatic N) is 1. The van der Waals surface area contributed by atoms with Crippen molar-refractivity contribution in [3.05, 3.63) is 46.8 Å². The molecule has 0 radical (unpaired) electrons. The SMILES string of the molecule is Cc1noc(C)c1CSc1ccccc1C(=O)NCC(C)O. The number of nitrogens with one attached hydrogen (secondary N) is 1. The van der Waals surface area contributed by atoms with Gasteiger partial charge in [0, 0.05) is 22.8 Å². The van der Waals surface area contributed by atoms with Gasteiger partial charge in [0.05, 0.1) is 17.4 Å². The topological polar surface area (TPSA) is 75.4 Å². The standard InChI is InChI=1S/C16H20N2O3S/c1-10(19)8-17-16(20)13-6-4-5-7-15(13)22-9-14-11(2)18-21-12(14)3/h4-7,10,19H,8-9H2,1-3H3,(H,17,20). The minimum atomic E-state index is -0.564. The van der Waals surface area contributed by atoms with Crippen molar-refractivity contribution in [2.75, 3.05) is 6.54 Å². The molecule has 1 unspecified atom stereocenters. The number of hydrogen-bond donors (Lipinski definition) is 2. The number of aryl methyl sites for hydroxylation is 2. The molecule has 0 aliphatic rings. The predicted molar refractivity (Wildman–Crippen MR) is 86.0 cm³/mol. The van der Waals surface area contributed by atoms with Crippen molar-refractivity contribution in [3.63, 3.8) is 0 Å². The van der Waals surface area contributed by atoms with Crippen molar-refractivity contribution in [2.45, 2.75) is 37.5 Å². The van der Waals surface area contributed by atoms with Gasteiger partial charge in [0.25, 0.3) is 5.91 Å². The summed E-state index contributed by atoms with van der Waals surface area (Å²) in [5.74, 6) is 1.32. The molecule has 118 valence electrons. The molecule has 22 heavy (non-hydrogen) atoms. The summed E-state index contributed by atoms with van der Waals surface area (Å²) in [5, 5.41) is 15.9. The van der Waals surface area contributed by atoms with Crippen molar-refractivity contribution in [3.8, 4) is 0 Å². The van der Waals surface area contributed by atoms with Crippen molar-refractivity contribution in [2.24, 2.45) is 0 Å². The predicted octanol–water partition coefficient (Wildman–Crippen LogP) is 2.69. The molecule has 0 spiro atoms. The Morgan fingerprint density at radius 2 is 2.14 bits per heavy atom. The first kappa shape index (κ1) is 16.6. The van der Waals surface area contributed by atoms with Gasteiger partial charge in [-0.3, -0.25) is 4.79 Å². The van der Waals surface area contributed by atoms with E-state index in [-0.39, 0.29) is 12.5 Å². The Morgan fingerprint density at radius 1 is 1.41 bits per heavy atom. The molecule has 6 heteroatoms. The third-order valence-corrected chi connectivity index (χ3v) is 4.34. The lowest BCUT2D eigenvalue weighted by atomic mass is 10.2. The van der Waals surface area contributed by atoms with Gasteiger partial charge in [-0.25, -0.2) is 0 Å². The van der Waals surface area contributed by atoms with Gasteiger partial charge in [0.1, 0.15) is 5.76 Å². The first-order valence-corrected chi connectivity index (χ1v) is 8.07. The van der Waals surface area contributed by atoms with E-state index < -0.39 is 6.10 Å². The summed E-state index contributed by atoms with van der Waals surface area (Å²) in [6, 6.07) is 7.44. The number of thioether (sulfide) groups is 1. The molecular formula is C16H20N2O3S. The van der Waals surface area contributed by atoms with E-state index in [1.807, 2.05) is 32.0 Å². The zero-order valence-corrected chi connectivity index (χ0v) is 13.7. The molecular weight excluding hydrogens is 300 g/mol. The molecule has 2 rings (SSSR count). The fourth-order valence-electron chi connectivity index (χ4n) is 1.97. The Balaban J connectivity index is 2.10. The summed E-state index contributed by atoms with van der Waals surface area (Å²) in [6.45, 7) is 5.67. The van der Waals surface area contributed by atoms with Crippen molar-refractivity contribution < 1.29 is 14.4 Å². The van der Waals surface area contributed by atoms with Gasteiger partial charge < -0.3 is 14.9 Å². The van der Waals surface area contributed by atoms with E-state index in [1.54, 1.807) is 24.8 Å². The highest BCUT2D eigenvalue weighted by atomic mass is 32.2. The van der Waals surface area contributed by atoms with Crippen LogP contribution in [0.2, 0.25) is 0 Å². The molecule has 0 saturated heterocycles. The van der Waals surface area contributed by atoms with Crippen molar-refractivity contribution >= 4 is 17.7 Å². The third-order valence-electron chi connectivity index (χ3n) is 3.24. The molecule has 5 nitrogen and oxygen atoms in total. The third kappa shape index (κ3) is 4.11. The van der Waals surface area contributed by atoms with Crippen LogP contribution in [0.25, 0.3) is 0 Å². The fourth-order valence-corrected chi connectivity index (χ4v) is 3.18. The van der Waals surface area contributed by atoms with Gasteiger partial charge in [0.2, 0.25) is 0 Å². The van der Waals surface area contributed by atoms with Crippen LogP contribution < -0.4 is 5.32 Å². The molecule has 1 aromatic carbocycles. The highest BCUT2D eigenvalue weighted by molar-refractivity contribution is 7.98. The summed E-state index contributed by atoms with van der Waals surface area (Å²) in [5.41, 5.74) is 2.55. The minimum Gasteiger partial charge on any atom is -0.392 e. The van der Waals surface area contributed by atoms with Crippen LogP contribution in [0.5, 0.6) is 0 Å². The molecule has 2 aromatic rings. The zero-order chi connectivity index (χ0) is 16.1. The number of carbonyl (C=O) groups excluding carboxylic acids is 1. The molecule has 0 aliphatic carbocycles. The van der Waals surface area contributed by atoms with E-state index >= 15 is 0 Å². The average molecular weight is 320 g/mol. The van der Waals surface area contributed by atoms with Crippen molar-refractivity contribution in [1.29, 1.82) is 0 Å². The quantitative estimate of drug-likeness (QED) is 0.800. The number of aliphatic hydroxyl groups excluding tert-OH is 1. The number of rotatable bonds is 6. The lowest BCUT2D eigenvalue weighted by Crippen LogP contribution is -2.30. The largest absolute Gasteiger partial charge is 0.392 e. The number of aliphatic hydroxyl groups is 1. The summed E-state index contributed by atoms with van der Waals surface area (Å²) in [7, 11) is 0. The van der Waals surface area contributed by atoms with Crippen LogP contribution in [0, 0.1) is 13.8 Å². The molecule has 2 N–H and O–H groups in total. The Labute approximate surface area is 134 Å². The monoisotopic (exact) mass is 320 g/mol. The second kappa shape index (κ2) is 7.47. The lowest BCUT2D eigenvalue weighted by Gasteiger charge is -2.11. The Hall–Kier alpha value is -1.79. The number of carbonyl (C=O) groups is 1. The molecule has 1 aromatic heterocycles. The second-order valence-electron chi connectivity index (χ2n) is 5.15. The van der Waals surface area contributed by atoms with E-state index in [4.69, 9.17) is 4.52 Å². The van der Waals surface area contributed by atoms with Crippen LogP contribution in [-0.4, -0.2) is 28.8 Å². The van der Waals surface area contributed by atoms with E-state index in [0.29, 0.717) is 11.3 Å². The van der Waals surface area contributed by atoms with Crippen LogP contribution in [-0.2, 0) is 5.75 Å². The zero-order valence-electron chi connectivity index (χ0n) is 12.9. The molecule has 0 aliphatic heterocycles. The van der Waals surface area contributed by atoms with Gasteiger partial charge in [-0.15, -0.1) is 11.8 Å². The lowest BCUT2D eigenvalue weighted by molar-refractivity contribution is 0.0921. The Kier molecular flexibility index (Phi) is 5.63. The maximum atomic E-state index is 12.2. The van der Waals surface area contributed by atoms with Gasteiger partial charge in [-0.1, -0.05) is 17.3 Å². The first-order valence-electron chi connectivity index (χ1n) is 7.09. The number of benzene rings is 1. The summed E-state index contributed by atoms with van der Waals surface area (Å²) >= 11 is 1.57. The first-order chi connectivity index (χ1) is 10.5. The Bertz CT molecular complexity index is 633.